The Bertz CT molecular complexity index is 1750. The van der Waals surface area contributed by atoms with Crippen LogP contribution in [0.4, 0.5) is 11.4 Å². The van der Waals surface area contributed by atoms with E-state index in [2.05, 4.69) is 0 Å². The number of nitrogens with zero attached hydrogens (tertiary/aromatic N) is 2. The number of carbonyl (C=O) groups excluding carboxylic acids is 8. The molecule has 1 aromatic carbocycles. The predicted molar refractivity (Wildman–Crippen MR) is 195 cm³/mol. The van der Waals surface area contributed by atoms with E-state index in [0.29, 0.717) is 29.6 Å². The van der Waals surface area contributed by atoms with Gasteiger partial charge in [0.2, 0.25) is 0 Å². The monoisotopic (exact) mass is 892 g/mol. The predicted octanol–water partition coefficient (Wildman–Crippen LogP) is 1.85. The molecule has 24 nitrogen and oxygen atoms in total. The third kappa shape index (κ3) is 13.7. The molecule has 0 radical (unpaired) electrons. The molecule has 26 heteroatoms. The van der Waals surface area contributed by atoms with Crippen LogP contribution in [0.25, 0.3) is 0 Å². The lowest BCUT2D eigenvalue weighted by Crippen LogP contribution is -2.61. The second-order valence-corrected chi connectivity index (χ2v) is 15.0. The largest absolute Gasteiger partial charge is 0.463 e. The molecule has 0 N–H and O–H groups in total. The summed E-state index contributed by atoms with van der Waals surface area (Å²) in [6, 6.07) is 1.51. The Morgan fingerprint density at radius 2 is 0.767 bits per heavy atom. The fourth-order valence-electron chi connectivity index (χ4n) is 5.83. The standard InChI is InChI=1S/C34H40N2O22S2/c1-13(37)49-11-23-27(51-15(3)39)29(53-17(5)41)31(55-19(7)43)33(57-23)59-25-10-26(22(36(47)48)9-21(25)35(45)46)60-34-32(56-20(8)44)30(54-18(6)42)28(52-16(4)40)24(58-34)12-50-14(2)38/h9-10,23-24,27-34H,11-12H2,1-8H3/t23-,24-,27+,28+,29+,30+,31-,32-,33+,34+/m1/s1. The van der Waals surface area contributed by atoms with Gasteiger partial charge in [-0.3, -0.25) is 58.6 Å². The normalized spacial score (nSPS) is 25.9. The van der Waals surface area contributed by atoms with Crippen LogP contribution in [0.3, 0.4) is 0 Å². The molecule has 0 spiro atoms. The Hall–Kier alpha value is -5.60. The quantitative estimate of drug-likeness (QED) is 0.0989. The summed E-state index contributed by atoms with van der Waals surface area (Å²) < 4.78 is 54.7. The molecule has 2 saturated heterocycles. The number of thioether (sulfide) groups is 2. The first-order chi connectivity index (χ1) is 28.0. The summed E-state index contributed by atoms with van der Waals surface area (Å²) >= 11 is 0.871. The molecule has 1 aromatic rings. The SMILES string of the molecule is CC(=O)OC[C@H]1O[C@@H](Sc2cc(S[C@@H]3O[C@H](COC(C)=O)[C@H](OC(C)=O)[C@H](OC(C)=O)[C@H]3OC(C)=O)c([N+](=O)[O-])cc2[N+](=O)[O-])[C@H](OC(C)=O)[C@@H](OC(C)=O)[C@H]1OC(C)=O. The molecule has 3 rings (SSSR count). The van der Waals surface area contributed by atoms with Crippen molar-refractivity contribution < 1.29 is 95.6 Å². The highest BCUT2D eigenvalue weighted by Gasteiger charge is 2.55. The summed E-state index contributed by atoms with van der Waals surface area (Å²) in [6.45, 7) is 6.71. The summed E-state index contributed by atoms with van der Waals surface area (Å²) in [5, 5.41) is 25.0. The van der Waals surface area contributed by atoms with E-state index in [-0.39, 0.29) is 0 Å². The number of ether oxygens (including phenoxy) is 10. The van der Waals surface area contributed by atoms with E-state index in [1.54, 1.807) is 0 Å². The van der Waals surface area contributed by atoms with Crippen molar-refractivity contribution in [1.82, 2.24) is 0 Å². The molecule has 0 unspecified atom stereocenters. The van der Waals surface area contributed by atoms with Crippen LogP contribution in [0.2, 0.25) is 0 Å². The van der Waals surface area contributed by atoms with Gasteiger partial charge in [-0.2, -0.15) is 0 Å². The van der Waals surface area contributed by atoms with E-state index in [1.165, 1.54) is 0 Å². The molecule has 2 heterocycles. The number of carbonyl (C=O) groups is 8. The number of rotatable bonds is 16. The van der Waals surface area contributed by atoms with Gasteiger partial charge in [0.15, 0.2) is 36.6 Å². The van der Waals surface area contributed by atoms with E-state index in [0.717, 1.165) is 61.5 Å². The maximum Gasteiger partial charge on any atom is 0.303 e. The zero-order valence-corrected chi connectivity index (χ0v) is 34.7. The Kier molecular flexibility index (Phi) is 17.6. The van der Waals surface area contributed by atoms with Crippen LogP contribution in [-0.2, 0) is 85.7 Å². The Balaban J connectivity index is 2.26. The average molecular weight is 893 g/mol. The van der Waals surface area contributed by atoms with Crippen molar-refractivity contribution in [3.63, 3.8) is 0 Å². The van der Waals surface area contributed by atoms with Crippen molar-refractivity contribution in [2.75, 3.05) is 13.2 Å². The molecular weight excluding hydrogens is 853 g/mol. The van der Waals surface area contributed by atoms with Gasteiger partial charge in [0.05, 0.1) is 25.7 Å². The van der Waals surface area contributed by atoms with Crippen LogP contribution in [0.15, 0.2) is 21.9 Å². The van der Waals surface area contributed by atoms with Gasteiger partial charge >= 0.3 is 47.8 Å². The first kappa shape index (κ1) is 48.8. The minimum atomic E-state index is -1.71. The molecule has 2 aliphatic heterocycles. The minimum Gasteiger partial charge on any atom is -0.463 e. The fourth-order valence-corrected chi connectivity index (χ4v) is 8.37. The van der Waals surface area contributed by atoms with Crippen molar-refractivity contribution in [3.05, 3.63) is 32.4 Å². The average Bonchev–Trinajstić information content (AvgIpc) is 3.10. The Morgan fingerprint density at radius 1 is 0.483 bits per heavy atom. The molecule has 330 valence electrons. The highest BCUT2D eigenvalue weighted by Crippen LogP contribution is 2.47. The minimum absolute atomic E-state index is 0.417. The first-order valence-electron chi connectivity index (χ1n) is 17.4. The number of benzene rings is 1. The number of hydrogen-bond acceptors (Lipinski definition) is 24. The van der Waals surface area contributed by atoms with Crippen molar-refractivity contribution in [1.29, 1.82) is 0 Å². The van der Waals surface area contributed by atoms with Crippen molar-refractivity contribution in [2.45, 2.75) is 125 Å². The van der Waals surface area contributed by atoms with Gasteiger partial charge in [-0.15, -0.1) is 0 Å². The summed E-state index contributed by atoms with van der Waals surface area (Å²) in [5.74, 6) is -7.36. The van der Waals surface area contributed by atoms with Crippen LogP contribution in [0, 0.1) is 20.2 Å². The topological polar surface area (TPSA) is 315 Å². The Labute approximate surface area is 348 Å². The van der Waals surface area contributed by atoms with Gasteiger partial charge < -0.3 is 47.4 Å². The number of nitro benzene ring substituents is 2. The van der Waals surface area contributed by atoms with Crippen LogP contribution >= 0.6 is 23.5 Å². The van der Waals surface area contributed by atoms with Gasteiger partial charge in [-0.05, 0) is 6.07 Å². The second-order valence-electron chi connectivity index (χ2n) is 12.7. The molecule has 10 atom stereocenters. The van der Waals surface area contributed by atoms with Gasteiger partial charge in [-0.25, -0.2) is 0 Å². The zero-order valence-electron chi connectivity index (χ0n) is 33.0. The number of nitro groups is 2. The van der Waals surface area contributed by atoms with Crippen LogP contribution < -0.4 is 0 Å². The Morgan fingerprint density at radius 3 is 1.03 bits per heavy atom. The third-order valence-corrected chi connectivity index (χ3v) is 10.2. The lowest BCUT2D eigenvalue weighted by atomic mass is 9.99. The molecule has 2 aliphatic rings. The summed E-state index contributed by atoms with van der Waals surface area (Å²) in [6.07, 6.45) is -12.8. The van der Waals surface area contributed by atoms with Gasteiger partial charge in [0.1, 0.15) is 36.3 Å². The molecule has 0 saturated carbocycles. The van der Waals surface area contributed by atoms with Crippen molar-refractivity contribution in [3.8, 4) is 0 Å². The van der Waals surface area contributed by atoms with E-state index >= 15 is 0 Å². The summed E-state index contributed by atoms with van der Waals surface area (Å²) in [4.78, 5) is 120. The van der Waals surface area contributed by atoms with Crippen LogP contribution in [0.5, 0.6) is 0 Å². The fraction of sp³-hybridized carbons (Fsp3) is 0.588. The van der Waals surface area contributed by atoms with E-state index in [1.807, 2.05) is 0 Å². The number of esters is 8. The van der Waals surface area contributed by atoms with E-state index in [4.69, 9.17) is 47.4 Å². The summed E-state index contributed by atoms with van der Waals surface area (Å²) in [5.41, 5.74) is -5.06. The van der Waals surface area contributed by atoms with Crippen molar-refractivity contribution in [2.24, 2.45) is 0 Å². The lowest BCUT2D eigenvalue weighted by Gasteiger charge is -2.44. The van der Waals surface area contributed by atoms with Crippen LogP contribution in [0.1, 0.15) is 55.4 Å². The van der Waals surface area contributed by atoms with Gasteiger partial charge in [0.25, 0.3) is 11.4 Å². The molecule has 0 bridgehead atoms. The van der Waals surface area contributed by atoms with E-state index in [9.17, 15) is 58.6 Å². The third-order valence-electron chi connectivity index (χ3n) is 7.82. The molecular formula is C34H40N2O22S2. The van der Waals surface area contributed by atoms with Gasteiger partial charge in [0, 0.05) is 55.4 Å². The van der Waals surface area contributed by atoms with Crippen LogP contribution in [-0.4, -0.2) is 131 Å². The molecule has 0 aromatic heterocycles. The van der Waals surface area contributed by atoms with Gasteiger partial charge in [-0.1, -0.05) is 23.5 Å². The molecule has 60 heavy (non-hydrogen) atoms. The molecule has 2 fully saturated rings. The summed E-state index contributed by atoms with van der Waals surface area (Å²) in [7, 11) is 0. The maximum absolute atomic E-state index is 12.5. The molecule has 0 aliphatic carbocycles. The highest BCUT2D eigenvalue weighted by molar-refractivity contribution is 8.00. The molecule has 0 amide bonds. The first-order valence-corrected chi connectivity index (χ1v) is 19.2. The smallest absolute Gasteiger partial charge is 0.303 e. The number of hydrogen-bond donors (Lipinski definition) is 0. The second kappa shape index (κ2) is 21.6. The van der Waals surface area contributed by atoms with E-state index < -0.39 is 152 Å². The van der Waals surface area contributed by atoms with Crippen molar-refractivity contribution >= 4 is 82.7 Å². The maximum atomic E-state index is 12.5. The zero-order chi connectivity index (χ0) is 45.2. The lowest BCUT2D eigenvalue weighted by molar-refractivity contribution is -0.397. The highest BCUT2D eigenvalue weighted by atomic mass is 32.2.